The molecule has 0 aromatic rings. The van der Waals surface area contributed by atoms with Gasteiger partial charge in [0.1, 0.15) is 0 Å². The van der Waals surface area contributed by atoms with Gasteiger partial charge < -0.3 is 0 Å². The van der Waals surface area contributed by atoms with Crippen LogP contribution >= 0.6 is 10.0 Å². The van der Waals surface area contributed by atoms with Crippen molar-refractivity contribution in [2.75, 3.05) is 18.8 Å². The second-order valence-electron chi connectivity index (χ2n) is 3.95. The van der Waals surface area contributed by atoms with Crippen molar-refractivity contribution in [3.05, 3.63) is 0 Å². The van der Waals surface area contributed by atoms with Crippen molar-refractivity contribution in [2.45, 2.75) is 25.5 Å². The van der Waals surface area contributed by atoms with Crippen LogP contribution < -0.4 is 0 Å². The fourth-order valence-electron chi connectivity index (χ4n) is 0. The standard InChI is InChI=1S/C7H18S/c1-7(2,3)8(4,5)6/h1-6H3. The predicted molar refractivity (Wildman–Crippen MR) is 45.1 cm³/mol. The van der Waals surface area contributed by atoms with Crippen LogP contribution in [0.2, 0.25) is 0 Å². The Bertz CT molecular complexity index is 59.4. The maximum Gasteiger partial charge on any atom is -0.00897 e. The number of rotatable bonds is 0. The van der Waals surface area contributed by atoms with Crippen molar-refractivity contribution < 1.29 is 0 Å². The second kappa shape index (κ2) is 1.94. The molecule has 0 aliphatic heterocycles. The molecule has 1 heteroatoms. The highest BCUT2D eigenvalue weighted by Gasteiger charge is 2.21. The van der Waals surface area contributed by atoms with Gasteiger partial charge in [0.15, 0.2) is 0 Å². The molecular weight excluding hydrogens is 116 g/mol. The summed E-state index contributed by atoms with van der Waals surface area (Å²) in [6.45, 7) is 6.92. The third-order valence-electron chi connectivity index (χ3n) is 1.84. The van der Waals surface area contributed by atoms with E-state index in [1.165, 1.54) is 0 Å². The molecule has 0 saturated carbocycles. The molecule has 52 valence electrons. The lowest BCUT2D eigenvalue weighted by Gasteiger charge is -2.40. The summed E-state index contributed by atoms with van der Waals surface area (Å²) in [5.74, 6) is 0. The van der Waals surface area contributed by atoms with E-state index in [0.717, 1.165) is 0 Å². The van der Waals surface area contributed by atoms with Crippen LogP contribution in [0.1, 0.15) is 20.8 Å². The molecule has 0 atom stereocenters. The first-order valence-corrected chi connectivity index (χ1v) is 5.79. The lowest BCUT2D eigenvalue weighted by Crippen LogP contribution is -2.21. The van der Waals surface area contributed by atoms with E-state index in [0.29, 0.717) is 4.75 Å². The zero-order valence-electron chi connectivity index (χ0n) is 6.91. The molecule has 0 amide bonds. The lowest BCUT2D eigenvalue weighted by molar-refractivity contribution is 0.791. The van der Waals surface area contributed by atoms with Gasteiger partial charge in [-0.2, -0.15) is 0 Å². The molecule has 8 heavy (non-hydrogen) atoms. The van der Waals surface area contributed by atoms with E-state index in [-0.39, 0.29) is 10.0 Å². The number of hydrogen-bond acceptors (Lipinski definition) is 0. The molecule has 0 unspecified atom stereocenters. The summed E-state index contributed by atoms with van der Waals surface area (Å²) in [6, 6.07) is 0. The van der Waals surface area contributed by atoms with Gasteiger partial charge in [-0.25, -0.2) is 10.0 Å². The highest BCUT2D eigenvalue weighted by atomic mass is 32.3. The van der Waals surface area contributed by atoms with Crippen LogP contribution in [-0.4, -0.2) is 23.5 Å². The highest BCUT2D eigenvalue weighted by Crippen LogP contribution is 2.48. The van der Waals surface area contributed by atoms with E-state index in [2.05, 4.69) is 39.5 Å². The minimum Gasteiger partial charge on any atom is -0.245 e. The van der Waals surface area contributed by atoms with Crippen LogP contribution in [0.3, 0.4) is 0 Å². The van der Waals surface area contributed by atoms with Gasteiger partial charge in [0.25, 0.3) is 0 Å². The van der Waals surface area contributed by atoms with Crippen LogP contribution in [0.5, 0.6) is 0 Å². The van der Waals surface area contributed by atoms with E-state index in [4.69, 9.17) is 0 Å². The van der Waals surface area contributed by atoms with Crippen molar-refractivity contribution in [3.63, 3.8) is 0 Å². The third-order valence-corrected chi connectivity index (χ3v) is 5.51. The van der Waals surface area contributed by atoms with Crippen LogP contribution in [0.4, 0.5) is 0 Å². The van der Waals surface area contributed by atoms with Crippen molar-refractivity contribution >= 4 is 10.0 Å². The first-order chi connectivity index (χ1) is 3.25. The Morgan fingerprint density at radius 1 is 0.875 bits per heavy atom. The van der Waals surface area contributed by atoms with Gasteiger partial charge in [-0.3, -0.25) is 0 Å². The summed E-state index contributed by atoms with van der Waals surface area (Å²) >= 11 is 0. The first-order valence-electron chi connectivity index (χ1n) is 2.93. The largest absolute Gasteiger partial charge is 0.245 e. The molecule has 0 fully saturated rings. The summed E-state index contributed by atoms with van der Waals surface area (Å²) in [6.07, 6.45) is 7.06. The second-order valence-corrected chi connectivity index (χ2v) is 8.85. The van der Waals surface area contributed by atoms with Crippen molar-refractivity contribution in [1.29, 1.82) is 0 Å². The Balaban J connectivity index is 4.02. The summed E-state index contributed by atoms with van der Waals surface area (Å²) in [4.78, 5) is 0. The molecule has 0 saturated heterocycles. The molecule has 0 aromatic carbocycles. The molecule has 0 bridgehead atoms. The van der Waals surface area contributed by atoms with Gasteiger partial charge in [0.2, 0.25) is 0 Å². The maximum absolute atomic E-state index is 2.35. The zero-order valence-corrected chi connectivity index (χ0v) is 7.72. The molecular formula is C7H18S. The summed E-state index contributed by atoms with van der Waals surface area (Å²) < 4.78 is 0.521. The average molecular weight is 134 g/mol. The van der Waals surface area contributed by atoms with Gasteiger partial charge in [0, 0.05) is 0 Å². The molecule has 0 radical (unpaired) electrons. The highest BCUT2D eigenvalue weighted by molar-refractivity contribution is 8.33. The predicted octanol–water partition coefficient (Wildman–Crippen LogP) is 2.48. The van der Waals surface area contributed by atoms with Crippen molar-refractivity contribution in [2.24, 2.45) is 0 Å². The molecule has 0 aliphatic carbocycles. The van der Waals surface area contributed by atoms with Crippen LogP contribution in [0.15, 0.2) is 0 Å². The Hall–Kier alpha value is 0.350. The molecule has 0 heterocycles. The average Bonchev–Trinajstić information content (AvgIpc) is 1.25. The van der Waals surface area contributed by atoms with Crippen molar-refractivity contribution in [3.8, 4) is 0 Å². The normalized spacial score (nSPS) is 16.2. The fraction of sp³-hybridized carbons (Fsp3) is 1.00. The fourth-order valence-corrected chi connectivity index (χ4v) is 0. The van der Waals surface area contributed by atoms with Crippen molar-refractivity contribution in [1.82, 2.24) is 0 Å². The lowest BCUT2D eigenvalue weighted by atomic mass is 10.3. The SMILES string of the molecule is CC(C)(C)S(C)(C)C. The Morgan fingerprint density at radius 2 is 1.00 bits per heavy atom. The zero-order chi connectivity index (χ0) is 7.00. The third kappa shape index (κ3) is 2.08. The van der Waals surface area contributed by atoms with E-state index >= 15 is 0 Å². The van der Waals surface area contributed by atoms with Crippen LogP contribution in [0.25, 0.3) is 0 Å². The van der Waals surface area contributed by atoms with E-state index in [1.54, 1.807) is 0 Å². The Morgan fingerprint density at radius 3 is 1.00 bits per heavy atom. The molecule has 0 spiro atoms. The Labute approximate surface area is 55.0 Å². The topological polar surface area (TPSA) is 0 Å². The summed E-state index contributed by atoms with van der Waals surface area (Å²) in [7, 11) is -0.340. The number of hydrogen-bond donors (Lipinski definition) is 0. The molecule has 0 rings (SSSR count). The smallest absolute Gasteiger partial charge is 0.00897 e. The summed E-state index contributed by atoms with van der Waals surface area (Å²) in [5.41, 5.74) is 0. The molecule has 0 nitrogen and oxygen atoms in total. The van der Waals surface area contributed by atoms with Crippen LogP contribution in [-0.2, 0) is 0 Å². The van der Waals surface area contributed by atoms with E-state index < -0.39 is 0 Å². The van der Waals surface area contributed by atoms with Gasteiger partial charge in [-0.05, 0) is 23.5 Å². The quantitative estimate of drug-likeness (QED) is 0.477. The molecule has 0 N–H and O–H groups in total. The molecule has 0 aromatic heterocycles. The van der Waals surface area contributed by atoms with Gasteiger partial charge in [-0.1, -0.05) is 20.8 Å². The Kier molecular flexibility index (Phi) is 2.03. The minimum absolute atomic E-state index is 0.340. The monoisotopic (exact) mass is 134 g/mol. The first kappa shape index (κ1) is 8.35. The van der Waals surface area contributed by atoms with E-state index in [1.807, 2.05) is 0 Å². The maximum atomic E-state index is 2.35. The van der Waals surface area contributed by atoms with Gasteiger partial charge >= 0.3 is 0 Å². The van der Waals surface area contributed by atoms with Gasteiger partial charge in [-0.15, -0.1) is 0 Å². The van der Waals surface area contributed by atoms with E-state index in [9.17, 15) is 0 Å². The summed E-state index contributed by atoms with van der Waals surface area (Å²) in [5, 5.41) is 0. The minimum atomic E-state index is -0.340. The van der Waals surface area contributed by atoms with Crippen LogP contribution in [0, 0.1) is 0 Å². The van der Waals surface area contributed by atoms with Gasteiger partial charge in [0.05, 0.1) is 0 Å². The molecule has 0 aliphatic rings.